The van der Waals surface area contributed by atoms with Crippen LogP contribution in [0, 0.1) is 6.92 Å². The number of nitrogens with one attached hydrogen (secondary N) is 1. The maximum absolute atomic E-state index is 13.7. The smallest absolute Gasteiger partial charge is 0.239 e. The average Bonchev–Trinajstić information content (AvgIpc) is 2.79. The van der Waals surface area contributed by atoms with Gasteiger partial charge in [-0.05, 0) is 73.2 Å². The molecule has 0 fully saturated rings. The Kier molecular flexibility index (Phi) is 5.38. The molecule has 1 aliphatic heterocycles. The van der Waals surface area contributed by atoms with E-state index in [0.717, 1.165) is 29.5 Å². The lowest BCUT2D eigenvalue weighted by Crippen LogP contribution is -2.33. The van der Waals surface area contributed by atoms with Crippen molar-refractivity contribution in [1.82, 2.24) is 0 Å². The Morgan fingerprint density at radius 2 is 1.76 bits per heavy atom. The summed E-state index contributed by atoms with van der Waals surface area (Å²) in [4.78, 5) is 26.1. The van der Waals surface area contributed by atoms with E-state index in [4.69, 9.17) is 11.6 Å². The zero-order valence-electron chi connectivity index (χ0n) is 18.0. The van der Waals surface area contributed by atoms with E-state index >= 15 is 0 Å². The standard InChI is InChI=1S/C26H22ClNO4S/c1-15-9-11-18-16(13-15)5-4-8-23(18)33(31,32)17-10-12-21(27)20(14-17)24-25(29)19-6-2-3-7-22(19)28-26(24)30/h2-3,6-7,9-14,23-24H,4-5,8H2,1H3,(H,28,30). The van der Waals surface area contributed by atoms with Crippen molar-refractivity contribution in [3.8, 4) is 0 Å². The highest BCUT2D eigenvalue weighted by molar-refractivity contribution is 7.91. The quantitative estimate of drug-likeness (QED) is 0.509. The molecule has 0 radical (unpaired) electrons. The van der Waals surface area contributed by atoms with Gasteiger partial charge in [0.25, 0.3) is 0 Å². The van der Waals surface area contributed by atoms with E-state index in [1.54, 1.807) is 24.3 Å². The summed E-state index contributed by atoms with van der Waals surface area (Å²) < 4.78 is 27.4. The lowest BCUT2D eigenvalue weighted by Gasteiger charge is -2.27. The third kappa shape index (κ3) is 3.67. The highest BCUT2D eigenvalue weighted by Crippen LogP contribution is 2.41. The maximum atomic E-state index is 13.7. The van der Waals surface area contributed by atoms with E-state index in [0.29, 0.717) is 17.7 Å². The number of anilines is 1. The Balaban J connectivity index is 1.58. The molecule has 7 heteroatoms. The van der Waals surface area contributed by atoms with E-state index in [2.05, 4.69) is 5.32 Å². The topological polar surface area (TPSA) is 80.3 Å². The molecule has 2 aliphatic rings. The van der Waals surface area contributed by atoms with Gasteiger partial charge in [-0.2, -0.15) is 0 Å². The lowest BCUT2D eigenvalue weighted by atomic mass is 9.86. The molecular formula is C26H22ClNO4S. The zero-order chi connectivity index (χ0) is 23.3. The summed E-state index contributed by atoms with van der Waals surface area (Å²) in [5, 5.41) is 2.25. The molecule has 168 valence electrons. The predicted octanol–water partition coefficient (Wildman–Crippen LogP) is 5.42. The Morgan fingerprint density at radius 1 is 0.970 bits per heavy atom. The fourth-order valence-electron chi connectivity index (χ4n) is 4.87. The second kappa shape index (κ2) is 8.12. The first-order valence-electron chi connectivity index (χ1n) is 10.8. The molecule has 1 heterocycles. The molecular weight excluding hydrogens is 458 g/mol. The van der Waals surface area contributed by atoms with Gasteiger partial charge in [-0.15, -0.1) is 0 Å². The maximum Gasteiger partial charge on any atom is 0.239 e. The molecule has 2 unspecified atom stereocenters. The fraction of sp³-hybridized carbons (Fsp3) is 0.231. The van der Waals surface area contributed by atoms with Gasteiger partial charge in [-0.3, -0.25) is 9.59 Å². The van der Waals surface area contributed by atoms with Gasteiger partial charge < -0.3 is 5.32 Å². The first-order chi connectivity index (χ1) is 15.8. The molecule has 33 heavy (non-hydrogen) atoms. The van der Waals surface area contributed by atoms with E-state index in [1.807, 2.05) is 25.1 Å². The number of rotatable bonds is 3. The van der Waals surface area contributed by atoms with Crippen LogP contribution in [0.3, 0.4) is 0 Å². The molecule has 0 aromatic heterocycles. The number of sulfone groups is 1. The summed E-state index contributed by atoms with van der Waals surface area (Å²) in [5.74, 6) is -2.12. The molecule has 1 N–H and O–H groups in total. The number of Topliss-reactive ketones (excluding diaryl/α,β-unsaturated/α-hetero) is 1. The molecule has 2 atom stereocenters. The Bertz CT molecular complexity index is 1410. The molecule has 5 nitrogen and oxygen atoms in total. The normalized spacial score (nSPS) is 20.1. The summed E-state index contributed by atoms with van der Waals surface area (Å²) in [6.45, 7) is 1.99. The van der Waals surface area contributed by atoms with Crippen LogP contribution in [-0.2, 0) is 21.1 Å². The summed E-state index contributed by atoms with van der Waals surface area (Å²) in [6, 6.07) is 17.0. The van der Waals surface area contributed by atoms with Crippen LogP contribution in [0.1, 0.15) is 56.6 Å². The molecule has 0 bridgehead atoms. The summed E-state index contributed by atoms with van der Waals surface area (Å²) >= 11 is 6.39. The number of aryl methyl sites for hydroxylation is 2. The van der Waals surface area contributed by atoms with E-state index in [1.165, 1.54) is 18.2 Å². The van der Waals surface area contributed by atoms with Gasteiger partial charge in [-0.1, -0.05) is 47.5 Å². The molecule has 1 aliphatic carbocycles. The van der Waals surface area contributed by atoms with Gasteiger partial charge in [0.2, 0.25) is 5.91 Å². The minimum atomic E-state index is -3.76. The van der Waals surface area contributed by atoms with Crippen molar-refractivity contribution < 1.29 is 18.0 Å². The predicted molar refractivity (Wildman–Crippen MR) is 128 cm³/mol. The second-order valence-corrected chi connectivity index (χ2v) is 11.2. The lowest BCUT2D eigenvalue weighted by molar-refractivity contribution is -0.116. The van der Waals surface area contributed by atoms with Crippen LogP contribution in [0.5, 0.6) is 0 Å². The van der Waals surface area contributed by atoms with E-state index in [-0.39, 0.29) is 15.5 Å². The van der Waals surface area contributed by atoms with Crippen LogP contribution in [0.25, 0.3) is 0 Å². The van der Waals surface area contributed by atoms with Crippen molar-refractivity contribution in [3.05, 3.63) is 93.5 Å². The number of hydrogen-bond donors (Lipinski definition) is 1. The molecule has 0 spiro atoms. The number of halogens is 1. The largest absolute Gasteiger partial charge is 0.324 e. The number of para-hydroxylation sites is 1. The van der Waals surface area contributed by atoms with E-state index in [9.17, 15) is 18.0 Å². The Labute approximate surface area is 197 Å². The fourth-order valence-corrected chi connectivity index (χ4v) is 7.02. The second-order valence-electron chi connectivity index (χ2n) is 8.64. The van der Waals surface area contributed by atoms with Crippen LogP contribution in [0.2, 0.25) is 5.02 Å². The van der Waals surface area contributed by atoms with Gasteiger partial charge in [0.1, 0.15) is 5.92 Å². The first kappa shape index (κ1) is 21.9. The van der Waals surface area contributed by atoms with Crippen molar-refractivity contribution >= 4 is 38.8 Å². The molecule has 0 saturated heterocycles. The Hall–Kier alpha value is -2.96. The van der Waals surface area contributed by atoms with E-state index < -0.39 is 32.7 Å². The number of hydrogen-bond acceptors (Lipinski definition) is 4. The van der Waals surface area contributed by atoms with Crippen LogP contribution in [0.4, 0.5) is 5.69 Å². The minimum Gasteiger partial charge on any atom is -0.324 e. The minimum absolute atomic E-state index is 0.0692. The van der Waals surface area contributed by atoms with Crippen molar-refractivity contribution in [1.29, 1.82) is 0 Å². The highest BCUT2D eigenvalue weighted by atomic mass is 35.5. The van der Waals surface area contributed by atoms with Gasteiger partial charge in [0.15, 0.2) is 15.6 Å². The third-order valence-electron chi connectivity index (χ3n) is 6.51. The number of carbonyl (C=O) groups is 2. The van der Waals surface area contributed by atoms with Crippen molar-refractivity contribution in [2.45, 2.75) is 42.2 Å². The number of amides is 1. The van der Waals surface area contributed by atoms with Crippen LogP contribution < -0.4 is 5.32 Å². The molecule has 3 aromatic carbocycles. The summed E-state index contributed by atoms with van der Waals surface area (Å²) in [7, 11) is -3.76. The zero-order valence-corrected chi connectivity index (χ0v) is 19.5. The third-order valence-corrected chi connectivity index (χ3v) is 9.01. The molecule has 5 rings (SSSR count). The SMILES string of the molecule is Cc1ccc2c(c1)CCCC2S(=O)(=O)c1ccc(Cl)c(C2C(=O)Nc3ccccc3C2=O)c1. The van der Waals surface area contributed by atoms with Gasteiger partial charge in [0, 0.05) is 10.6 Å². The number of benzene rings is 3. The molecule has 3 aromatic rings. The van der Waals surface area contributed by atoms with Gasteiger partial charge in [-0.25, -0.2) is 8.42 Å². The summed E-state index contributed by atoms with van der Waals surface area (Å²) in [6.07, 6.45) is 2.15. The van der Waals surface area contributed by atoms with Crippen LogP contribution in [0.15, 0.2) is 65.6 Å². The Morgan fingerprint density at radius 3 is 2.58 bits per heavy atom. The highest BCUT2D eigenvalue weighted by Gasteiger charge is 2.38. The van der Waals surface area contributed by atoms with Crippen molar-refractivity contribution in [2.24, 2.45) is 0 Å². The number of fused-ring (bicyclic) bond motifs is 2. The van der Waals surface area contributed by atoms with Crippen molar-refractivity contribution in [3.63, 3.8) is 0 Å². The number of carbonyl (C=O) groups excluding carboxylic acids is 2. The number of ketones is 1. The van der Waals surface area contributed by atoms with Crippen LogP contribution in [-0.4, -0.2) is 20.1 Å². The first-order valence-corrected chi connectivity index (χ1v) is 12.8. The van der Waals surface area contributed by atoms with Gasteiger partial charge >= 0.3 is 0 Å². The van der Waals surface area contributed by atoms with Gasteiger partial charge in [0.05, 0.1) is 15.8 Å². The molecule has 0 saturated carbocycles. The monoisotopic (exact) mass is 479 g/mol. The molecule has 1 amide bonds. The van der Waals surface area contributed by atoms with Crippen LogP contribution >= 0.6 is 11.6 Å². The summed E-state index contributed by atoms with van der Waals surface area (Å²) in [5.41, 5.74) is 4.00. The average molecular weight is 480 g/mol. The van der Waals surface area contributed by atoms with Crippen molar-refractivity contribution in [2.75, 3.05) is 5.32 Å².